The van der Waals surface area contributed by atoms with Crippen LogP contribution in [-0.2, 0) is 30.6 Å². The molecule has 13 heteroatoms. The van der Waals surface area contributed by atoms with Gasteiger partial charge in [-0.15, -0.1) is 0 Å². The van der Waals surface area contributed by atoms with Gasteiger partial charge in [-0.1, -0.05) is 29.3 Å². The van der Waals surface area contributed by atoms with E-state index in [1.807, 2.05) is 0 Å². The summed E-state index contributed by atoms with van der Waals surface area (Å²) in [5, 5.41) is 3.31. The first kappa shape index (κ1) is 28.7. The number of hydrogen-bond acceptors (Lipinski definition) is 6. The number of halogens is 2. The number of methoxy groups -OCH3 is 1. The number of piperidine rings is 1. The highest BCUT2D eigenvalue weighted by Gasteiger charge is 2.32. The summed E-state index contributed by atoms with van der Waals surface area (Å²) in [6.45, 7) is 3.73. The van der Waals surface area contributed by atoms with E-state index in [-0.39, 0.29) is 51.4 Å². The average molecular weight is 579 g/mol. The Bertz CT molecular complexity index is 1310. The smallest absolute Gasteiger partial charge is 0.240 e. The fourth-order valence-electron chi connectivity index (χ4n) is 3.91. The van der Waals surface area contributed by atoms with E-state index in [0.717, 1.165) is 0 Å². The maximum absolute atomic E-state index is 13.0. The van der Waals surface area contributed by atoms with Crippen molar-refractivity contribution < 1.29 is 26.4 Å². The fraction of sp³-hybridized carbons (Fsp3) is 0.435. The molecular formula is C23H29Cl2N3O6S2. The van der Waals surface area contributed by atoms with E-state index in [2.05, 4.69) is 10.0 Å². The molecule has 2 aromatic carbocycles. The second-order valence-electron chi connectivity index (χ2n) is 8.76. The number of carbonyl (C=O) groups is 1. The summed E-state index contributed by atoms with van der Waals surface area (Å²) in [5.41, 5.74) is 0.562. The Morgan fingerprint density at radius 1 is 1.08 bits per heavy atom. The summed E-state index contributed by atoms with van der Waals surface area (Å²) in [6, 6.07) is 8.73. The van der Waals surface area contributed by atoms with Crippen molar-refractivity contribution in [2.24, 2.45) is 5.92 Å². The Morgan fingerprint density at radius 2 is 1.69 bits per heavy atom. The van der Waals surface area contributed by atoms with E-state index in [9.17, 15) is 21.6 Å². The Balaban J connectivity index is 1.68. The van der Waals surface area contributed by atoms with Gasteiger partial charge in [-0.05, 0) is 57.0 Å². The van der Waals surface area contributed by atoms with Crippen LogP contribution < -0.4 is 14.8 Å². The zero-order valence-corrected chi connectivity index (χ0v) is 23.3. The highest BCUT2D eigenvalue weighted by molar-refractivity contribution is 7.89. The van der Waals surface area contributed by atoms with Gasteiger partial charge in [0.2, 0.25) is 26.0 Å². The van der Waals surface area contributed by atoms with E-state index in [4.69, 9.17) is 27.9 Å². The predicted molar refractivity (Wildman–Crippen MR) is 140 cm³/mol. The normalized spacial score (nSPS) is 15.7. The van der Waals surface area contributed by atoms with Gasteiger partial charge in [-0.3, -0.25) is 4.79 Å². The molecule has 2 N–H and O–H groups in total. The molecule has 0 unspecified atom stereocenters. The zero-order valence-electron chi connectivity index (χ0n) is 20.1. The first-order valence-corrected chi connectivity index (χ1v) is 15.1. The number of ether oxygens (including phenoxy) is 1. The lowest BCUT2D eigenvalue weighted by Gasteiger charge is -2.31. The monoisotopic (exact) mass is 577 g/mol. The zero-order chi connectivity index (χ0) is 26.7. The first-order valence-electron chi connectivity index (χ1n) is 11.3. The largest absolute Gasteiger partial charge is 0.495 e. The predicted octanol–water partition coefficient (Wildman–Crippen LogP) is 3.87. The number of anilines is 1. The van der Waals surface area contributed by atoms with Gasteiger partial charge in [0.1, 0.15) is 5.75 Å². The van der Waals surface area contributed by atoms with Gasteiger partial charge >= 0.3 is 0 Å². The number of carbonyl (C=O) groups excluding carboxylic acids is 1. The van der Waals surface area contributed by atoms with Crippen LogP contribution in [0.5, 0.6) is 5.75 Å². The molecule has 0 spiro atoms. The summed E-state index contributed by atoms with van der Waals surface area (Å²) in [4.78, 5) is 13.0. The van der Waals surface area contributed by atoms with Gasteiger partial charge in [-0.2, -0.15) is 0 Å². The van der Waals surface area contributed by atoms with Crippen LogP contribution in [0.4, 0.5) is 5.69 Å². The topological polar surface area (TPSA) is 122 Å². The lowest BCUT2D eigenvalue weighted by Crippen LogP contribution is -2.42. The number of amides is 1. The van der Waals surface area contributed by atoms with Crippen molar-refractivity contribution in [1.29, 1.82) is 0 Å². The summed E-state index contributed by atoms with van der Waals surface area (Å²) >= 11 is 12.3. The molecule has 1 heterocycles. The van der Waals surface area contributed by atoms with E-state index < -0.39 is 26.0 Å². The third kappa shape index (κ3) is 6.90. The molecule has 0 aliphatic carbocycles. The molecule has 1 aliphatic heterocycles. The fourth-order valence-corrected chi connectivity index (χ4v) is 7.50. The van der Waals surface area contributed by atoms with Crippen LogP contribution in [-0.4, -0.2) is 53.3 Å². The molecule has 0 bridgehead atoms. The molecule has 0 atom stereocenters. The first-order chi connectivity index (χ1) is 16.8. The van der Waals surface area contributed by atoms with E-state index in [1.165, 1.54) is 29.6 Å². The molecule has 1 saturated heterocycles. The highest BCUT2D eigenvalue weighted by atomic mass is 35.5. The number of hydrogen-bond donors (Lipinski definition) is 2. The SMILES string of the molecule is COc1ccc(S(=O)(=O)NC(C)C)cc1NC(=O)C1CCN(S(=O)(=O)Cc2c(Cl)cccc2Cl)CC1. The minimum Gasteiger partial charge on any atom is -0.495 e. The molecule has 1 fully saturated rings. The quantitative estimate of drug-likeness (QED) is 0.466. The van der Waals surface area contributed by atoms with Gasteiger partial charge in [0.05, 0.1) is 23.4 Å². The molecule has 1 amide bonds. The molecule has 9 nitrogen and oxygen atoms in total. The van der Waals surface area contributed by atoms with E-state index in [1.54, 1.807) is 32.0 Å². The second-order valence-corrected chi connectivity index (χ2v) is 13.3. The molecule has 36 heavy (non-hydrogen) atoms. The van der Waals surface area contributed by atoms with Crippen molar-refractivity contribution in [3.8, 4) is 5.75 Å². The van der Waals surface area contributed by atoms with Crippen LogP contribution in [0.1, 0.15) is 32.3 Å². The van der Waals surface area contributed by atoms with Gasteiger partial charge in [0, 0.05) is 40.7 Å². The molecule has 0 aromatic heterocycles. The Labute approximate surface area is 222 Å². The van der Waals surface area contributed by atoms with Crippen molar-refractivity contribution in [2.75, 3.05) is 25.5 Å². The number of nitrogens with one attached hydrogen (secondary N) is 2. The van der Waals surface area contributed by atoms with E-state index >= 15 is 0 Å². The van der Waals surface area contributed by atoms with Gasteiger partial charge in [0.25, 0.3) is 0 Å². The van der Waals surface area contributed by atoms with Gasteiger partial charge < -0.3 is 10.1 Å². The van der Waals surface area contributed by atoms with Gasteiger partial charge in [0.15, 0.2) is 0 Å². The second kappa shape index (κ2) is 11.7. The Morgan fingerprint density at radius 3 is 2.25 bits per heavy atom. The summed E-state index contributed by atoms with van der Waals surface area (Å²) in [6.07, 6.45) is 0.604. The van der Waals surface area contributed by atoms with Crippen LogP contribution in [0.15, 0.2) is 41.3 Å². The third-order valence-corrected chi connectivity index (χ3v) is 9.91. The third-order valence-electron chi connectivity index (χ3n) is 5.74. The molecular weight excluding hydrogens is 549 g/mol. The molecule has 0 radical (unpaired) electrons. The summed E-state index contributed by atoms with van der Waals surface area (Å²) < 4.78 is 60.1. The van der Waals surface area contributed by atoms with Crippen molar-refractivity contribution in [1.82, 2.24) is 9.03 Å². The summed E-state index contributed by atoms with van der Waals surface area (Å²) in [5.74, 6) is -0.820. The van der Waals surface area contributed by atoms with Crippen molar-refractivity contribution >= 4 is 54.8 Å². The van der Waals surface area contributed by atoms with Crippen LogP contribution >= 0.6 is 23.2 Å². The summed E-state index contributed by atoms with van der Waals surface area (Å²) in [7, 11) is -6.05. The van der Waals surface area contributed by atoms with Crippen molar-refractivity contribution in [3.05, 3.63) is 52.0 Å². The minimum atomic E-state index is -3.77. The number of benzene rings is 2. The van der Waals surface area contributed by atoms with Crippen molar-refractivity contribution in [2.45, 2.75) is 43.4 Å². The van der Waals surface area contributed by atoms with Crippen molar-refractivity contribution in [3.63, 3.8) is 0 Å². The maximum atomic E-state index is 13.0. The molecule has 0 saturated carbocycles. The minimum absolute atomic E-state index is 0.00792. The molecule has 2 aromatic rings. The molecule has 198 valence electrons. The number of rotatable bonds is 9. The maximum Gasteiger partial charge on any atom is 0.240 e. The van der Waals surface area contributed by atoms with Crippen LogP contribution in [0, 0.1) is 5.92 Å². The Kier molecular flexibility index (Phi) is 9.29. The molecule has 3 rings (SSSR count). The molecule has 1 aliphatic rings. The van der Waals surface area contributed by atoms with Crippen LogP contribution in [0.3, 0.4) is 0 Å². The Hall–Kier alpha value is -1.89. The van der Waals surface area contributed by atoms with Gasteiger partial charge in [-0.25, -0.2) is 25.9 Å². The van der Waals surface area contributed by atoms with E-state index in [0.29, 0.717) is 24.2 Å². The average Bonchev–Trinajstić information content (AvgIpc) is 2.81. The van der Waals surface area contributed by atoms with Crippen LogP contribution in [0.25, 0.3) is 0 Å². The number of sulfonamides is 2. The lowest BCUT2D eigenvalue weighted by molar-refractivity contribution is -0.120. The standard InChI is InChI=1S/C23H29Cl2N3O6S2/c1-15(2)27-36(32,33)17-7-8-22(34-3)21(13-17)26-23(29)16-9-11-28(12-10-16)35(30,31)14-18-19(24)5-4-6-20(18)25/h4-8,13,15-16,27H,9-12,14H2,1-3H3,(H,26,29). The lowest BCUT2D eigenvalue weighted by atomic mass is 9.97. The number of nitrogens with zero attached hydrogens (tertiary/aromatic N) is 1. The highest BCUT2D eigenvalue weighted by Crippen LogP contribution is 2.31. The van der Waals surface area contributed by atoms with Crippen LogP contribution in [0.2, 0.25) is 10.0 Å².